The van der Waals surface area contributed by atoms with Gasteiger partial charge in [0.15, 0.2) is 0 Å². The predicted molar refractivity (Wildman–Crippen MR) is 96.7 cm³/mol. The van der Waals surface area contributed by atoms with Crippen LogP contribution < -0.4 is 10.0 Å². The third-order valence-electron chi connectivity index (χ3n) is 3.09. The van der Waals surface area contributed by atoms with Crippen molar-refractivity contribution < 1.29 is 22.0 Å². The number of anilines is 1. The maximum absolute atomic E-state index is 12.5. The summed E-state index contributed by atoms with van der Waals surface area (Å²) in [5.41, 5.74) is 0.359. The highest BCUT2D eigenvalue weighted by molar-refractivity contribution is 7.99. The summed E-state index contributed by atoms with van der Waals surface area (Å²) < 4.78 is 51.8. The van der Waals surface area contributed by atoms with Crippen LogP contribution in [0.2, 0.25) is 0 Å². The standard InChI is InChI=1S/C17H14F2N2O3S2/c1-2-10-20-16(22)12-4-3-5-15(11-12)26(23,24)21-13-6-8-14(9-7-13)25-17(18)19/h1,3-9,11,17,21H,10H2,(H,20,22). The van der Waals surface area contributed by atoms with Gasteiger partial charge in [-0.25, -0.2) is 8.42 Å². The number of rotatable bonds is 7. The molecule has 2 aromatic rings. The molecule has 0 saturated heterocycles. The number of halogens is 2. The van der Waals surface area contributed by atoms with Gasteiger partial charge in [0.1, 0.15) is 0 Å². The van der Waals surface area contributed by atoms with Gasteiger partial charge in [-0.2, -0.15) is 8.78 Å². The first-order valence-corrected chi connectivity index (χ1v) is 9.57. The normalized spacial score (nSPS) is 11.0. The lowest BCUT2D eigenvalue weighted by atomic mass is 10.2. The second-order valence-corrected chi connectivity index (χ2v) is 7.67. The van der Waals surface area contributed by atoms with Gasteiger partial charge in [0.2, 0.25) is 0 Å². The van der Waals surface area contributed by atoms with Gasteiger partial charge in [-0.05, 0) is 42.5 Å². The maximum Gasteiger partial charge on any atom is 0.288 e. The molecular weight excluding hydrogens is 382 g/mol. The Morgan fingerprint density at radius 1 is 1.19 bits per heavy atom. The molecule has 9 heteroatoms. The van der Waals surface area contributed by atoms with Crippen LogP contribution in [-0.2, 0) is 10.0 Å². The lowest BCUT2D eigenvalue weighted by Gasteiger charge is -2.10. The first kappa shape index (κ1) is 19.8. The zero-order valence-electron chi connectivity index (χ0n) is 13.3. The summed E-state index contributed by atoms with van der Waals surface area (Å²) >= 11 is 0.364. The number of benzene rings is 2. The number of hydrogen-bond donors (Lipinski definition) is 2. The molecule has 0 aromatic heterocycles. The molecule has 0 aliphatic carbocycles. The monoisotopic (exact) mass is 396 g/mol. The average Bonchev–Trinajstić information content (AvgIpc) is 2.61. The minimum Gasteiger partial charge on any atom is -0.341 e. The van der Waals surface area contributed by atoms with Crippen LogP contribution in [0.15, 0.2) is 58.3 Å². The molecule has 2 aromatic carbocycles. The first-order valence-electron chi connectivity index (χ1n) is 7.21. The molecule has 0 aliphatic rings. The van der Waals surface area contributed by atoms with Crippen molar-refractivity contribution in [1.82, 2.24) is 5.32 Å². The van der Waals surface area contributed by atoms with Crippen molar-refractivity contribution in [2.24, 2.45) is 0 Å². The maximum atomic E-state index is 12.5. The number of alkyl halides is 2. The molecule has 136 valence electrons. The van der Waals surface area contributed by atoms with Crippen molar-refractivity contribution in [3.63, 3.8) is 0 Å². The Morgan fingerprint density at radius 2 is 1.88 bits per heavy atom. The third-order valence-corrected chi connectivity index (χ3v) is 5.19. The van der Waals surface area contributed by atoms with Gasteiger partial charge in [0, 0.05) is 16.1 Å². The molecule has 0 spiro atoms. The van der Waals surface area contributed by atoms with Crippen LogP contribution >= 0.6 is 11.8 Å². The molecule has 0 unspecified atom stereocenters. The van der Waals surface area contributed by atoms with E-state index in [1.807, 2.05) is 0 Å². The van der Waals surface area contributed by atoms with E-state index in [0.717, 1.165) is 0 Å². The Kier molecular flexibility index (Phi) is 6.60. The van der Waals surface area contributed by atoms with Gasteiger partial charge in [-0.15, -0.1) is 6.42 Å². The van der Waals surface area contributed by atoms with Crippen LogP contribution in [0.1, 0.15) is 10.4 Å². The quantitative estimate of drug-likeness (QED) is 0.557. The van der Waals surface area contributed by atoms with Crippen molar-refractivity contribution in [1.29, 1.82) is 0 Å². The van der Waals surface area contributed by atoms with E-state index in [1.54, 1.807) is 0 Å². The van der Waals surface area contributed by atoms with Crippen LogP contribution in [0.3, 0.4) is 0 Å². The van der Waals surface area contributed by atoms with Gasteiger partial charge < -0.3 is 5.32 Å². The number of carbonyl (C=O) groups is 1. The van der Waals surface area contributed by atoms with Gasteiger partial charge >= 0.3 is 0 Å². The zero-order chi connectivity index (χ0) is 19.2. The fourth-order valence-electron chi connectivity index (χ4n) is 1.96. The molecular formula is C17H14F2N2O3S2. The van der Waals surface area contributed by atoms with Gasteiger partial charge in [0.25, 0.3) is 21.7 Å². The van der Waals surface area contributed by atoms with E-state index in [9.17, 15) is 22.0 Å². The highest BCUT2D eigenvalue weighted by Crippen LogP contribution is 2.27. The van der Waals surface area contributed by atoms with Crippen LogP contribution in [0.5, 0.6) is 0 Å². The molecule has 0 fully saturated rings. The molecule has 0 heterocycles. The average molecular weight is 396 g/mol. The van der Waals surface area contributed by atoms with Gasteiger partial charge in [-0.1, -0.05) is 23.7 Å². The summed E-state index contributed by atoms with van der Waals surface area (Å²) in [6, 6.07) is 11.0. The number of carbonyl (C=O) groups excluding carboxylic acids is 1. The van der Waals surface area contributed by atoms with Crippen molar-refractivity contribution in [3.05, 3.63) is 54.1 Å². The molecule has 26 heavy (non-hydrogen) atoms. The molecule has 1 amide bonds. The molecule has 2 N–H and O–H groups in total. The minimum absolute atomic E-state index is 0.0248. The molecule has 0 atom stereocenters. The van der Waals surface area contributed by atoms with Crippen molar-refractivity contribution in [3.8, 4) is 12.3 Å². The smallest absolute Gasteiger partial charge is 0.288 e. The second kappa shape index (κ2) is 8.69. The Morgan fingerprint density at radius 3 is 2.50 bits per heavy atom. The largest absolute Gasteiger partial charge is 0.341 e. The summed E-state index contributed by atoms with van der Waals surface area (Å²) in [6.07, 6.45) is 5.06. The summed E-state index contributed by atoms with van der Waals surface area (Å²) in [6.45, 7) is 0.0248. The molecule has 5 nitrogen and oxygen atoms in total. The highest BCUT2D eigenvalue weighted by atomic mass is 32.2. The third kappa shape index (κ3) is 5.47. The zero-order valence-corrected chi connectivity index (χ0v) is 14.9. The summed E-state index contributed by atoms with van der Waals surface area (Å²) in [5.74, 6) is -0.796. The van der Waals surface area contributed by atoms with Gasteiger partial charge in [0.05, 0.1) is 11.4 Å². The molecule has 2 rings (SSSR count). The Hall–Kier alpha value is -2.57. The Labute approximate surface area is 154 Å². The van der Waals surface area contributed by atoms with E-state index < -0.39 is 21.7 Å². The Balaban J connectivity index is 2.17. The fraction of sp³-hybridized carbons (Fsp3) is 0.118. The van der Waals surface area contributed by atoms with Gasteiger partial charge in [-0.3, -0.25) is 9.52 Å². The first-order chi connectivity index (χ1) is 12.3. The number of amides is 1. The molecule has 0 aliphatic heterocycles. The fourth-order valence-corrected chi connectivity index (χ4v) is 3.56. The van der Waals surface area contributed by atoms with E-state index >= 15 is 0 Å². The van der Waals surface area contributed by atoms with E-state index in [-0.39, 0.29) is 22.7 Å². The molecule has 0 radical (unpaired) electrons. The summed E-state index contributed by atoms with van der Waals surface area (Å²) in [7, 11) is -3.95. The molecule has 0 bridgehead atoms. The predicted octanol–water partition coefficient (Wildman–Crippen LogP) is 3.17. The SMILES string of the molecule is C#CCNC(=O)c1cccc(S(=O)(=O)Nc2ccc(SC(F)F)cc2)c1. The van der Waals surface area contributed by atoms with E-state index in [1.165, 1.54) is 48.5 Å². The lowest BCUT2D eigenvalue weighted by molar-refractivity contribution is 0.0958. The van der Waals surface area contributed by atoms with Crippen LogP contribution in [0.4, 0.5) is 14.5 Å². The number of hydrogen-bond acceptors (Lipinski definition) is 4. The Bertz CT molecular complexity index is 924. The van der Waals surface area contributed by atoms with E-state index in [2.05, 4.69) is 16.0 Å². The van der Waals surface area contributed by atoms with Crippen molar-refractivity contribution in [2.75, 3.05) is 11.3 Å². The van der Waals surface area contributed by atoms with E-state index in [4.69, 9.17) is 6.42 Å². The lowest BCUT2D eigenvalue weighted by Crippen LogP contribution is -2.24. The minimum atomic E-state index is -3.95. The number of thioether (sulfide) groups is 1. The topological polar surface area (TPSA) is 75.3 Å². The van der Waals surface area contributed by atoms with Crippen LogP contribution in [0, 0.1) is 12.3 Å². The van der Waals surface area contributed by atoms with E-state index in [0.29, 0.717) is 16.7 Å². The number of nitrogens with one attached hydrogen (secondary N) is 2. The highest BCUT2D eigenvalue weighted by Gasteiger charge is 2.16. The summed E-state index contributed by atoms with van der Waals surface area (Å²) in [4.78, 5) is 12.1. The number of sulfonamides is 1. The van der Waals surface area contributed by atoms with Crippen LogP contribution in [0.25, 0.3) is 0 Å². The van der Waals surface area contributed by atoms with Crippen molar-refractivity contribution >= 4 is 33.4 Å². The number of terminal acetylenes is 1. The summed E-state index contributed by atoms with van der Waals surface area (Å²) in [5, 5.41) is 2.44. The van der Waals surface area contributed by atoms with Crippen LogP contribution in [-0.4, -0.2) is 26.6 Å². The second-order valence-electron chi connectivity index (χ2n) is 4.92. The molecule has 0 saturated carbocycles. The van der Waals surface area contributed by atoms with Crippen molar-refractivity contribution in [2.45, 2.75) is 15.5 Å².